The van der Waals surface area contributed by atoms with E-state index in [0.717, 1.165) is 22.4 Å². The van der Waals surface area contributed by atoms with Crippen LogP contribution < -0.4 is 0 Å². The van der Waals surface area contributed by atoms with Gasteiger partial charge < -0.3 is 9.63 Å². The summed E-state index contributed by atoms with van der Waals surface area (Å²) in [4.78, 5) is 10.9. The van der Waals surface area contributed by atoms with E-state index in [1.165, 1.54) is 0 Å². The lowest BCUT2D eigenvalue weighted by atomic mass is 10.0. The Labute approximate surface area is 115 Å². The maximum Gasteiger partial charge on any atom is 0.335 e. The molecule has 0 unspecified atom stereocenters. The van der Waals surface area contributed by atoms with Crippen molar-refractivity contribution in [3.8, 4) is 22.4 Å². The number of benzene rings is 2. The number of rotatable bonds is 3. The lowest BCUT2D eigenvalue weighted by Crippen LogP contribution is -1.95. The number of aromatic nitrogens is 1. The monoisotopic (exact) mass is 265 g/mol. The minimum atomic E-state index is -0.940. The molecule has 0 saturated heterocycles. The number of nitrogens with zero attached hydrogens (tertiary/aromatic N) is 1. The van der Waals surface area contributed by atoms with E-state index in [1.54, 1.807) is 30.5 Å². The summed E-state index contributed by atoms with van der Waals surface area (Å²) in [5.41, 5.74) is 3.67. The zero-order valence-electron chi connectivity index (χ0n) is 10.5. The van der Waals surface area contributed by atoms with Gasteiger partial charge in [0.1, 0.15) is 12.0 Å². The van der Waals surface area contributed by atoms with Gasteiger partial charge in [-0.25, -0.2) is 4.79 Å². The van der Waals surface area contributed by atoms with E-state index in [-0.39, 0.29) is 5.56 Å². The van der Waals surface area contributed by atoms with E-state index < -0.39 is 5.97 Å². The van der Waals surface area contributed by atoms with E-state index >= 15 is 0 Å². The van der Waals surface area contributed by atoms with Crippen LogP contribution in [0.4, 0.5) is 0 Å². The predicted octanol–water partition coefficient (Wildman–Crippen LogP) is 3.71. The minimum Gasteiger partial charge on any atom is -0.478 e. The largest absolute Gasteiger partial charge is 0.478 e. The Morgan fingerprint density at radius 2 is 1.65 bits per heavy atom. The molecule has 3 rings (SSSR count). The molecule has 98 valence electrons. The van der Waals surface area contributed by atoms with Crippen molar-refractivity contribution >= 4 is 5.97 Å². The van der Waals surface area contributed by atoms with Crippen molar-refractivity contribution in [1.82, 2.24) is 5.16 Å². The van der Waals surface area contributed by atoms with Crippen molar-refractivity contribution in [2.24, 2.45) is 0 Å². The van der Waals surface area contributed by atoms with Crippen molar-refractivity contribution in [2.75, 3.05) is 0 Å². The van der Waals surface area contributed by atoms with Crippen molar-refractivity contribution in [3.63, 3.8) is 0 Å². The van der Waals surface area contributed by atoms with Crippen molar-refractivity contribution in [2.45, 2.75) is 0 Å². The van der Waals surface area contributed by atoms with Gasteiger partial charge >= 0.3 is 5.97 Å². The Morgan fingerprint density at radius 1 is 0.950 bits per heavy atom. The van der Waals surface area contributed by atoms with Crippen LogP contribution in [0.3, 0.4) is 0 Å². The molecule has 0 bridgehead atoms. The van der Waals surface area contributed by atoms with Crippen LogP contribution in [-0.4, -0.2) is 16.2 Å². The summed E-state index contributed by atoms with van der Waals surface area (Å²) in [5, 5.41) is 12.9. The van der Waals surface area contributed by atoms with Gasteiger partial charge in [0.25, 0.3) is 0 Å². The highest BCUT2D eigenvalue weighted by Crippen LogP contribution is 2.30. The highest BCUT2D eigenvalue weighted by atomic mass is 16.5. The van der Waals surface area contributed by atoms with Gasteiger partial charge in [0.15, 0.2) is 0 Å². The Bertz CT molecular complexity index is 730. The van der Waals surface area contributed by atoms with Gasteiger partial charge in [0, 0.05) is 11.1 Å². The molecule has 1 N–H and O–H groups in total. The summed E-state index contributed by atoms with van der Waals surface area (Å²) in [6.45, 7) is 0. The molecule has 0 aliphatic carbocycles. The molecule has 0 fully saturated rings. The molecule has 0 aliphatic rings. The molecular formula is C16H11NO3. The molecular weight excluding hydrogens is 254 g/mol. The molecule has 1 aromatic heterocycles. The van der Waals surface area contributed by atoms with Crippen LogP contribution in [0.15, 0.2) is 65.4 Å². The number of carboxylic acid groups (broad SMARTS) is 1. The number of carboxylic acids is 1. The maximum atomic E-state index is 10.9. The van der Waals surface area contributed by atoms with Gasteiger partial charge in [-0.3, -0.25) is 0 Å². The Morgan fingerprint density at radius 3 is 2.30 bits per heavy atom. The van der Waals surface area contributed by atoms with Crippen LogP contribution >= 0.6 is 0 Å². The third kappa shape index (κ3) is 2.19. The zero-order valence-corrected chi connectivity index (χ0v) is 10.5. The standard InChI is InChI=1S/C16H11NO3/c18-16(19)13-8-6-11(7-9-13)14-10-20-17-15(14)12-4-2-1-3-5-12/h1-10H,(H,18,19). The van der Waals surface area contributed by atoms with E-state index in [1.807, 2.05) is 30.3 Å². The number of carbonyl (C=O) groups is 1. The van der Waals surface area contributed by atoms with Gasteiger partial charge in [-0.05, 0) is 17.7 Å². The third-order valence-electron chi connectivity index (χ3n) is 3.06. The summed E-state index contributed by atoms with van der Waals surface area (Å²) in [6, 6.07) is 16.3. The maximum absolute atomic E-state index is 10.9. The smallest absolute Gasteiger partial charge is 0.335 e. The molecule has 0 radical (unpaired) electrons. The normalized spacial score (nSPS) is 10.4. The van der Waals surface area contributed by atoms with Crippen molar-refractivity contribution in [3.05, 3.63) is 66.4 Å². The van der Waals surface area contributed by atoms with Crippen LogP contribution in [0, 0.1) is 0 Å². The molecule has 20 heavy (non-hydrogen) atoms. The van der Waals surface area contributed by atoms with Gasteiger partial charge in [-0.2, -0.15) is 0 Å². The zero-order chi connectivity index (χ0) is 13.9. The first-order chi connectivity index (χ1) is 9.75. The summed E-state index contributed by atoms with van der Waals surface area (Å²) < 4.78 is 5.07. The van der Waals surface area contributed by atoms with Crippen molar-refractivity contribution in [1.29, 1.82) is 0 Å². The first-order valence-electron chi connectivity index (χ1n) is 6.09. The van der Waals surface area contributed by atoms with Gasteiger partial charge in [-0.1, -0.05) is 47.6 Å². The minimum absolute atomic E-state index is 0.256. The molecule has 1 heterocycles. The molecule has 0 spiro atoms. The van der Waals surface area contributed by atoms with Gasteiger partial charge in [-0.15, -0.1) is 0 Å². The molecule has 0 atom stereocenters. The van der Waals surface area contributed by atoms with E-state index in [0.29, 0.717) is 0 Å². The molecule has 2 aromatic carbocycles. The molecule has 0 amide bonds. The first-order valence-corrected chi connectivity index (χ1v) is 6.09. The molecule has 4 nitrogen and oxygen atoms in total. The van der Waals surface area contributed by atoms with E-state index in [4.69, 9.17) is 9.63 Å². The Balaban J connectivity index is 2.04. The van der Waals surface area contributed by atoms with Gasteiger partial charge in [0.2, 0.25) is 0 Å². The van der Waals surface area contributed by atoms with E-state index in [9.17, 15) is 4.79 Å². The third-order valence-corrected chi connectivity index (χ3v) is 3.06. The summed E-state index contributed by atoms with van der Waals surface area (Å²) >= 11 is 0. The fourth-order valence-electron chi connectivity index (χ4n) is 2.04. The fraction of sp³-hybridized carbons (Fsp3) is 0. The Kier molecular flexibility index (Phi) is 3.05. The second-order valence-electron chi connectivity index (χ2n) is 4.33. The molecule has 0 aliphatic heterocycles. The van der Waals surface area contributed by atoms with E-state index in [2.05, 4.69) is 5.16 Å². The number of hydrogen-bond donors (Lipinski definition) is 1. The topological polar surface area (TPSA) is 63.3 Å². The number of hydrogen-bond acceptors (Lipinski definition) is 3. The van der Waals surface area contributed by atoms with Crippen LogP contribution in [0.1, 0.15) is 10.4 Å². The highest BCUT2D eigenvalue weighted by Gasteiger charge is 2.12. The summed E-state index contributed by atoms with van der Waals surface area (Å²) in [5.74, 6) is -0.940. The Hall–Kier alpha value is -2.88. The average molecular weight is 265 g/mol. The lowest BCUT2D eigenvalue weighted by molar-refractivity contribution is 0.0697. The predicted molar refractivity (Wildman–Crippen MR) is 74.3 cm³/mol. The van der Waals surface area contributed by atoms with Crippen LogP contribution in [0.25, 0.3) is 22.4 Å². The lowest BCUT2D eigenvalue weighted by Gasteiger charge is -2.02. The number of aromatic carboxylic acids is 1. The van der Waals surface area contributed by atoms with Crippen LogP contribution in [-0.2, 0) is 0 Å². The highest BCUT2D eigenvalue weighted by molar-refractivity contribution is 5.89. The quantitative estimate of drug-likeness (QED) is 0.784. The second kappa shape index (κ2) is 5.01. The fourth-order valence-corrected chi connectivity index (χ4v) is 2.04. The van der Waals surface area contributed by atoms with Crippen LogP contribution in [0.5, 0.6) is 0 Å². The SMILES string of the molecule is O=C(O)c1ccc(-c2conc2-c2ccccc2)cc1. The molecule has 4 heteroatoms. The molecule has 0 saturated carbocycles. The summed E-state index contributed by atoms with van der Waals surface area (Å²) in [6.07, 6.45) is 1.57. The van der Waals surface area contributed by atoms with Crippen LogP contribution in [0.2, 0.25) is 0 Å². The van der Waals surface area contributed by atoms with Gasteiger partial charge in [0.05, 0.1) is 5.56 Å². The van der Waals surface area contributed by atoms with Crippen molar-refractivity contribution < 1.29 is 14.4 Å². The molecule has 3 aromatic rings. The first kappa shape index (κ1) is 12.2. The summed E-state index contributed by atoms with van der Waals surface area (Å²) in [7, 11) is 0. The second-order valence-corrected chi connectivity index (χ2v) is 4.33. The average Bonchev–Trinajstić information content (AvgIpc) is 2.97.